The zero-order valence-electron chi connectivity index (χ0n) is 11.7. The fraction of sp³-hybridized carbons (Fsp3) is 0.562. The molecule has 1 fully saturated rings. The Labute approximate surface area is 110 Å². The molecule has 98 valence electrons. The number of likely N-dealkylation sites (tertiary alicyclic amines) is 1. The molecule has 2 nitrogen and oxygen atoms in total. The van der Waals surface area contributed by atoms with E-state index in [2.05, 4.69) is 49.9 Å². The van der Waals surface area contributed by atoms with Gasteiger partial charge in [0.1, 0.15) is 5.78 Å². The van der Waals surface area contributed by atoms with Crippen LogP contribution in [0, 0.1) is 0 Å². The second-order valence-electron chi connectivity index (χ2n) is 6.30. The summed E-state index contributed by atoms with van der Waals surface area (Å²) in [5.74, 6) is 0.383. The molecule has 0 atom stereocenters. The number of carbonyl (C=O) groups excluding carboxylic acids is 1. The number of piperidine rings is 1. The van der Waals surface area contributed by atoms with Crippen molar-refractivity contribution in [2.45, 2.75) is 45.6 Å². The lowest BCUT2D eigenvalue weighted by atomic mass is 9.86. The molecule has 1 saturated heterocycles. The van der Waals surface area contributed by atoms with Gasteiger partial charge in [-0.2, -0.15) is 0 Å². The quantitative estimate of drug-likeness (QED) is 0.797. The molecule has 0 bridgehead atoms. The Kier molecular flexibility index (Phi) is 3.86. The van der Waals surface area contributed by atoms with Crippen LogP contribution in [-0.2, 0) is 16.8 Å². The van der Waals surface area contributed by atoms with Crippen LogP contribution in [0.1, 0.15) is 44.7 Å². The summed E-state index contributed by atoms with van der Waals surface area (Å²) in [4.78, 5) is 13.7. The molecule has 0 aliphatic carbocycles. The SMILES string of the molecule is CC(C)(C)c1cccc(CN2CCCC(=O)C2)c1. The molecule has 0 saturated carbocycles. The highest BCUT2D eigenvalue weighted by atomic mass is 16.1. The minimum Gasteiger partial charge on any atom is -0.298 e. The molecule has 1 aromatic rings. The van der Waals surface area contributed by atoms with Crippen molar-refractivity contribution in [2.24, 2.45) is 0 Å². The number of hydrogen-bond acceptors (Lipinski definition) is 2. The Balaban J connectivity index is 2.07. The highest BCUT2D eigenvalue weighted by Gasteiger charge is 2.18. The van der Waals surface area contributed by atoms with Crippen molar-refractivity contribution in [1.29, 1.82) is 0 Å². The van der Waals surface area contributed by atoms with Gasteiger partial charge in [-0.15, -0.1) is 0 Å². The number of Topliss-reactive ketones (excluding diaryl/α,β-unsaturated/α-hetero) is 1. The first kappa shape index (κ1) is 13.3. The van der Waals surface area contributed by atoms with Crippen LogP contribution in [-0.4, -0.2) is 23.8 Å². The van der Waals surface area contributed by atoms with Gasteiger partial charge >= 0.3 is 0 Å². The Morgan fingerprint density at radius 1 is 1.28 bits per heavy atom. The molecule has 0 amide bonds. The fourth-order valence-electron chi connectivity index (χ4n) is 2.44. The topological polar surface area (TPSA) is 20.3 Å². The van der Waals surface area contributed by atoms with Crippen LogP contribution in [0.2, 0.25) is 0 Å². The maximum absolute atomic E-state index is 11.4. The van der Waals surface area contributed by atoms with E-state index < -0.39 is 0 Å². The average molecular weight is 245 g/mol. The minimum absolute atomic E-state index is 0.188. The van der Waals surface area contributed by atoms with Crippen LogP contribution in [0.5, 0.6) is 0 Å². The summed E-state index contributed by atoms with van der Waals surface area (Å²) in [6, 6.07) is 8.75. The molecule has 1 aliphatic rings. The van der Waals surface area contributed by atoms with E-state index in [4.69, 9.17) is 0 Å². The van der Waals surface area contributed by atoms with E-state index in [1.807, 2.05) is 0 Å². The van der Waals surface area contributed by atoms with Gasteiger partial charge in [0.2, 0.25) is 0 Å². The predicted molar refractivity (Wildman–Crippen MR) is 74.7 cm³/mol. The molecule has 0 aromatic heterocycles. The molecule has 1 heterocycles. The normalized spacial score (nSPS) is 18.1. The van der Waals surface area contributed by atoms with E-state index in [-0.39, 0.29) is 5.41 Å². The van der Waals surface area contributed by atoms with Crippen molar-refractivity contribution in [2.75, 3.05) is 13.1 Å². The molecule has 0 spiro atoms. The van der Waals surface area contributed by atoms with Crippen LogP contribution in [0.3, 0.4) is 0 Å². The highest BCUT2D eigenvalue weighted by molar-refractivity contribution is 5.81. The van der Waals surface area contributed by atoms with E-state index in [0.29, 0.717) is 12.3 Å². The average Bonchev–Trinajstić information content (AvgIpc) is 2.28. The van der Waals surface area contributed by atoms with E-state index in [1.165, 1.54) is 11.1 Å². The fourth-order valence-corrected chi connectivity index (χ4v) is 2.44. The van der Waals surface area contributed by atoms with Gasteiger partial charge in [-0.1, -0.05) is 45.0 Å². The third-order valence-corrected chi connectivity index (χ3v) is 3.53. The number of nitrogens with zero attached hydrogens (tertiary/aromatic N) is 1. The first-order chi connectivity index (χ1) is 8.45. The first-order valence-electron chi connectivity index (χ1n) is 6.78. The molecule has 1 aliphatic heterocycles. The van der Waals surface area contributed by atoms with Crippen molar-refractivity contribution in [3.8, 4) is 0 Å². The smallest absolute Gasteiger partial charge is 0.146 e. The maximum atomic E-state index is 11.4. The Morgan fingerprint density at radius 2 is 2.06 bits per heavy atom. The summed E-state index contributed by atoms with van der Waals surface area (Å²) in [6.07, 6.45) is 1.77. The monoisotopic (exact) mass is 245 g/mol. The van der Waals surface area contributed by atoms with Gasteiger partial charge in [0.05, 0.1) is 6.54 Å². The lowest BCUT2D eigenvalue weighted by Gasteiger charge is -2.26. The van der Waals surface area contributed by atoms with Gasteiger partial charge in [-0.3, -0.25) is 9.69 Å². The van der Waals surface area contributed by atoms with E-state index in [1.54, 1.807) is 0 Å². The summed E-state index contributed by atoms with van der Waals surface area (Å²) in [7, 11) is 0. The molecule has 1 aromatic carbocycles. The standard InChI is InChI=1S/C16H23NO/c1-16(2,3)14-7-4-6-13(10-14)11-17-9-5-8-15(18)12-17/h4,6-7,10H,5,8-9,11-12H2,1-3H3. The molecular formula is C16H23NO. The summed E-state index contributed by atoms with van der Waals surface area (Å²) in [5.41, 5.74) is 2.87. The van der Waals surface area contributed by atoms with E-state index >= 15 is 0 Å². The number of benzene rings is 1. The van der Waals surface area contributed by atoms with Gasteiger partial charge < -0.3 is 0 Å². The van der Waals surface area contributed by atoms with Crippen molar-refractivity contribution >= 4 is 5.78 Å². The molecule has 0 radical (unpaired) electrons. The van der Waals surface area contributed by atoms with Crippen LogP contribution in [0.4, 0.5) is 0 Å². The largest absolute Gasteiger partial charge is 0.298 e. The van der Waals surface area contributed by atoms with Crippen molar-refractivity contribution in [3.63, 3.8) is 0 Å². The van der Waals surface area contributed by atoms with E-state index in [0.717, 1.165) is 25.9 Å². The third kappa shape index (κ3) is 3.42. The lowest BCUT2D eigenvalue weighted by molar-refractivity contribution is -0.122. The Bertz CT molecular complexity index is 431. The van der Waals surface area contributed by atoms with Crippen molar-refractivity contribution in [3.05, 3.63) is 35.4 Å². The van der Waals surface area contributed by atoms with Gasteiger partial charge in [-0.25, -0.2) is 0 Å². The van der Waals surface area contributed by atoms with Gasteiger partial charge in [0.15, 0.2) is 0 Å². The van der Waals surface area contributed by atoms with Gasteiger partial charge in [0, 0.05) is 13.0 Å². The molecule has 2 rings (SSSR count). The van der Waals surface area contributed by atoms with Gasteiger partial charge in [0.25, 0.3) is 0 Å². The molecule has 18 heavy (non-hydrogen) atoms. The highest BCUT2D eigenvalue weighted by Crippen LogP contribution is 2.23. The number of hydrogen-bond donors (Lipinski definition) is 0. The van der Waals surface area contributed by atoms with Gasteiger partial charge in [-0.05, 0) is 29.5 Å². The Morgan fingerprint density at radius 3 is 2.72 bits per heavy atom. The third-order valence-electron chi connectivity index (χ3n) is 3.53. The maximum Gasteiger partial charge on any atom is 0.146 e. The van der Waals surface area contributed by atoms with Crippen molar-refractivity contribution in [1.82, 2.24) is 4.90 Å². The van der Waals surface area contributed by atoms with E-state index in [9.17, 15) is 4.79 Å². The molecule has 0 N–H and O–H groups in total. The van der Waals surface area contributed by atoms with Crippen LogP contribution < -0.4 is 0 Å². The summed E-state index contributed by atoms with van der Waals surface area (Å²) in [5, 5.41) is 0. The van der Waals surface area contributed by atoms with Crippen LogP contribution in [0.25, 0.3) is 0 Å². The van der Waals surface area contributed by atoms with Crippen LogP contribution in [0.15, 0.2) is 24.3 Å². The molecule has 2 heteroatoms. The second kappa shape index (κ2) is 5.23. The number of rotatable bonds is 2. The summed E-state index contributed by atoms with van der Waals surface area (Å²) in [6.45, 7) is 9.27. The van der Waals surface area contributed by atoms with Crippen LogP contribution >= 0.6 is 0 Å². The summed E-state index contributed by atoms with van der Waals surface area (Å²) < 4.78 is 0. The zero-order chi connectivity index (χ0) is 13.2. The minimum atomic E-state index is 0.188. The predicted octanol–water partition coefficient (Wildman–Crippen LogP) is 3.15. The Hall–Kier alpha value is -1.15. The lowest BCUT2D eigenvalue weighted by Crippen LogP contribution is -2.35. The first-order valence-corrected chi connectivity index (χ1v) is 6.78. The summed E-state index contributed by atoms with van der Waals surface area (Å²) >= 11 is 0. The zero-order valence-corrected chi connectivity index (χ0v) is 11.7. The molecular weight excluding hydrogens is 222 g/mol. The number of ketones is 1. The van der Waals surface area contributed by atoms with Crippen molar-refractivity contribution < 1.29 is 4.79 Å². The second-order valence-corrected chi connectivity index (χ2v) is 6.30. The molecule has 0 unspecified atom stereocenters. The number of carbonyl (C=O) groups is 1.